The highest BCUT2D eigenvalue weighted by Gasteiger charge is 2.06. The molecule has 0 atom stereocenters. The number of hydrogen-bond acceptors (Lipinski definition) is 4. The van der Waals surface area contributed by atoms with Crippen molar-refractivity contribution in [2.24, 2.45) is 4.99 Å². The van der Waals surface area contributed by atoms with E-state index < -0.39 is 9.84 Å². The van der Waals surface area contributed by atoms with Crippen LogP contribution in [0, 0.1) is 5.82 Å². The lowest BCUT2D eigenvalue weighted by Gasteiger charge is -2.12. The van der Waals surface area contributed by atoms with Crippen LogP contribution in [0.15, 0.2) is 58.4 Å². The number of halogens is 1. The predicted molar refractivity (Wildman–Crippen MR) is 105 cm³/mol. The molecule has 0 saturated carbocycles. The number of rotatable bonds is 8. The topological polar surface area (TPSA) is 79.8 Å². The molecular weight excluding hydrogens is 369 g/mol. The molecule has 0 spiro atoms. The zero-order valence-corrected chi connectivity index (χ0v) is 16.2. The summed E-state index contributed by atoms with van der Waals surface area (Å²) in [6, 6.07) is 12.7. The smallest absolute Gasteiger partial charge is 0.191 e. The highest BCUT2D eigenvalue weighted by atomic mass is 32.2. The summed E-state index contributed by atoms with van der Waals surface area (Å²) >= 11 is 0. The van der Waals surface area contributed by atoms with Crippen molar-refractivity contribution < 1.29 is 17.5 Å². The zero-order valence-electron chi connectivity index (χ0n) is 15.4. The summed E-state index contributed by atoms with van der Waals surface area (Å²) in [5, 5.41) is 6.31. The van der Waals surface area contributed by atoms with Crippen LogP contribution < -0.4 is 15.4 Å². The van der Waals surface area contributed by atoms with Gasteiger partial charge in [0, 0.05) is 19.8 Å². The Balaban J connectivity index is 1.68. The minimum atomic E-state index is -3.20. The van der Waals surface area contributed by atoms with Crippen LogP contribution in [0.3, 0.4) is 0 Å². The van der Waals surface area contributed by atoms with Crippen molar-refractivity contribution in [2.45, 2.75) is 11.3 Å². The van der Waals surface area contributed by atoms with Crippen molar-refractivity contribution in [3.8, 4) is 5.75 Å². The van der Waals surface area contributed by atoms with Crippen LogP contribution in [-0.4, -0.2) is 47.4 Å². The van der Waals surface area contributed by atoms with E-state index in [0.29, 0.717) is 31.4 Å². The molecular formula is C19H24FN3O3S. The molecule has 0 aliphatic rings. The van der Waals surface area contributed by atoms with Gasteiger partial charge in [0.05, 0.1) is 11.4 Å². The lowest BCUT2D eigenvalue weighted by Crippen LogP contribution is -2.40. The third-order valence-electron chi connectivity index (χ3n) is 3.76. The maximum absolute atomic E-state index is 12.9. The molecule has 2 aromatic carbocycles. The second-order valence-corrected chi connectivity index (χ2v) is 7.91. The number of sulfone groups is 1. The van der Waals surface area contributed by atoms with E-state index in [1.807, 2.05) is 0 Å². The Bertz CT molecular complexity index is 851. The van der Waals surface area contributed by atoms with Gasteiger partial charge < -0.3 is 15.4 Å². The first-order valence-electron chi connectivity index (χ1n) is 8.50. The maximum atomic E-state index is 12.9. The highest BCUT2D eigenvalue weighted by molar-refractivity contribution is 7.90. The van der Waals surface area contributed by atoms with E-state index >= 15 is 0 Å². The molecule has 0 aliphatic carbocycles. The van der Waals surface area contributed by atoms with Crippen molar-refractivity contribution in [1.29, 1.82) is 0 Å². The molecule has 27 heavy (non-hydrogen) atoms. The molecule has 0 aliphatic heterocycles. The summed E-state index contributed by atoms with van der Waals surface area (Å²) in [6.07, 6.45) is 1.92. The minimum absolute atomic E-state index is 0.241. The molecule has 146 valence electrons. The molecule has 0 heterocycles. The number of benzene rings is 2. The maximum Gasteiger partial charge on any atom is 0.191 e. The molecule has 0 saturated heterocycles. The van der Waals surface area contributed by atoms with Gasteiger partial charge in [-0.05, 0) is 48.4 Å². The SMILES string of the molecule is CN=C(NCCOc1ccc(S(C)(=O)=O)cc1)NCCc1ccc(F)cc1. The predicted octanol–water partition coefficient (Wildman–Crippen LogP) is 2.02. The van der Waals surface area contributed by atoms with Crippen LogP contribution in [0.2, 0.25) is 0 Å². The minimum Gasteiger partial charge on any atom is -0.492 e. The van der Waals surface area contributed by atoms with E-state index in [0.717, 1.165) is 12.0 Å². The van der Waals surface area contributed by atoms with E-state index in [1.165, 1.54) is 30.5 Å². The first-order chi connectivity index (χ1) is 12.9. The summed E-state index contributed by atoms with van der Waals surface area (Å²) < 4.78 is 41.3. The average Bonchev–Trinajstić information content (AvgIpc) is 2.65. The van der Waals surface area contributed by atoms with Gasteiger partial charge in [-0.25, -0.2) is 12.8 Å². The molecule has 0 bridgehead atoms. The van der Waals surface area contributed by atoms with Crippen LogP contribution >= 0.6 is 0 Å². The van der Waals surface area contributed by atoms with Gasteiger partial charge in [-0.2, -0.15) is 0 Å². The van der Waals surface area contributed by atoms with Crippen LogP contribution in [0.25, 0.3) is 0 Å². The number of nitrogens with one attached hydrogen (secondary N) is 2. The van der Waals surface area contributed by atoms with E-state index in [2.05, 4.69) is 15.6 Å². The van der Waals surface area contributed by atoms with Gasteiger partial charge in [-0.3, -0.25) is 4.99 Å². The van der Waals surface area contributed by atoms with Gasteiger partial charge >= 0.3 is 0 Å². The van der Waals surface area contributed by atoms with Gasteiger partial charge in [0.15, 0.2) is 15.8 Å². The Labute approximate surface area is 159 Å². The standard InChI is InChI=1S/C19H24FN3O3S/c1-21-19(22-12-11-15-3-5-16(20)6-4-15)23-13-14-26-17-7-9-18(10-8-17)27(2,24)25/h3-10H,11-14H2,1-2H3,(H2,21,22,23). The van der Waals surface area contributed by atoms with Crippen LogP contribution in [-0.2, 0) is 16.3 Å². The second kappa shape index (κ2) is 9.91. The van der Waals surface area contributed by atoms with Crippen molar-refractivity contribution in [2.75, 3.05) is 33.0 Å². The van der Waals surface area contributed by atoms with Gasteiger partial charge in [0.2, 0.25) is 0 Å². The number of ether oxygens (including phenoxy) is 1. The lowest BCUT2D eigenvalue weighted by molar-refractivity contribution is 0.321. The van der Waals surface area contributed by atoms with E-state index in [4.69, 9.17) is 4.74 Å². The molecule has 0 unspecified atom stereocenters. The summed E-state index contributed by atoms with van der Waals surface area (Å²) in [6.45, 7) is 1.60. The fourth-order valence-electron chi connectivity index (χ4n) is 2.32. The lowest BCUT2D eigenvalue weighted by atomic mass is 10.1. The fraction of sp³-hybridized carbons (Fsp3) is 0.316. The Hall–Kier alpha value is -2.61. The Kier molecular flexibility index (Phi) is 7.60. The first kappa shape index (κ1) is 20.7. The van der Waals surface area contributed by atoms with Crippen molar-refractivity contribution in [1.82, 2.24) is 10.6 Å². The molecule has 0 fully saturated rings. The average molecular weight is 393 g/mol. The van der Waals surface area contributed by atoms with Crippen LogP contribution in [0.5, 0.6) is 5.75 Å². The van der Waals surface area contributed by atoms with E-state index in [9.17, 15) is 12.8 Å². The zero-order chi connectivity index (χ0) is 19.7. The number of guanidine groups is 1. The molecule has 0 radical (unpaired) electrons. The Morgan fingerprint density at radius 2 is 1.67 bits per heavy atom. The highest BCUT2D eigenvalue weighted by Crippen LogP contribution is 2.15. The number of aliphatic imine (C=N–C) groups is 1. The monoisotopic (exact) mass is 393 g/mol. The normalized spacial score (nSPS) is 11.9. The fourth-order valence-corrected chi connectivity index (χ4v) is 2.95. The Morgan fingerprint density at radius 3 is 2.26 bits per heavy atom. The summed E-state index contributed by atoms with van der Waals surface area (Å²) in [5.41, 5.74) is 1.04. The van der Waals surface area contributed by atoms with Gasteiger partial charge in [-0.1, -0.05) is 12.1 Å². The van der Waals surface area contributed by atoms with Crippen LogP contribution in [0.1, 0.15) is 5.56 Å². The Morgan fingerprint density at radius 1 is 1.04 bits per heavy atom. The number of hydrogen-bond donors (Lipinski definition) is 2. The van der Waals surface area contributed by atoms with Crippen molar-refractivity contribution >= 4 is 15.8 Å². The quantitative estimate of drug-likeness (QED) is 0.407. The molecule has 6 nitrogen and oxygen atoms in total. The summed E-state index contributed by atoms with van der Waals surface area (Å²) in [7, 11) is -1.52. The third-order valence-corrected chi connectivity index (χ3v) is 4.89. The molecule has 2 N–H and O–H groups in total. The summed E-state index contributed by atoms with van der Waals surface area (Å²) in [4.78, 5) is 4.39. The van der Waals surface area contributed by atoms with Gasteiger partial charge in [0.25, 0.3) is 0 Å². The number of nitrogens with zero attached hydrogens (tertiary/aromatic N) is 1. The van der Waals surface area contributed by atoms with Crippen molar-refractivity contribution in [3.05, 3.63) is 59.9 Å². The van der Waals surface area contributed by atoms with E-state index in [1.54, 1.807) is 31.3 Å². The molecule has 0 aromatic heterocycles. The van der Waals surface area contributed by atoms with Crippen LogP contribution in [0.4, 0.5) is 4.39 Å². The van der Waals surface area contributed by atoms with Gasteiger partial charge in [0.1, 0.15) is 18.2 Å². The van der Waals surface area contributed by atoms with Crippen molar-refractivity contribution in [3.63, 3.8) is 0 Å². The van der Waals surface area contributed by atoms with Gasteiger partial charge in [-0.15, -0.1) is 0 Å². The molecule has 2 rings (SSSR count). The molecule has 8 heteroatoms. The second-order valence-electron chi connectivity index (χ2n) is 5.89. The molecule has 0 amide bonds. The third kappa shape index (κ3) is 7.26. The molecule has 2 aromatic rings. The van der Waals surface area contributed by atoms with E-state index in [-0.39, 0.29) is 10.7 Å². The first-order valence-corrected chi connectivity index (χ1v) is 10.4. The summed E-state index contributed by atoms with van der Waals surface area (Å²) in [5.74, 6) is 1.01. The largest absolute Gasteiger partial charge is 0.492 e.